The molecule has 0 bridgehead atoms. The summed E-state index contributed by atoms with van der Waals surface area (Å²) in [5.74, 6) is 2.02. The summed E-state index contributed by atoms with van der Waals surface area (Å²) in [4.78, 5) is 15.3. The molecule has 7 heteroatoms. The van der Waals surface area contributed by atoms with Gasteiger partial charge in [0.15, 0.2) is 5.76 Å². The van der Waals surface area contributed by atoms with Gasteiger partial charge in [-0.1, -0.05) is 17.7 Å². The van der Waals surface area contributed by atoms with Crippen LogP contribution >= 0.6 is 11.6 Å². The predicted molar refractivity (Wildman–Crippen MR) is 93.7 cm³/mol. The molecule has 4 heterocycles. The van der Waals surface area contributed by atoms with Crippen molar-refractivity contribution in [1.29, 1.82) is 0 Å². The first kappa shape index (κ1) is 15.0. The van der Waals surface area contributed by atoms with E-state index in [1.54, 1.807) is 24.5 Å². The maximum absolute atomic E-state index is 5.87. The summed E-state index contributed by atoms with van der Waals surface area (Å²) in [5, 5.41) is 3.75. The highest BCUT2D eigenvalue weighted by atomic mass is 35.5. The van der Waals surface area contributed by atoms with Gasteiger partial charge in [0.05, 0.1) is 11.2 Å². The van der Waals surface area contributed by atoms with Gasteiger partial charge in [0, 0.05) is 19.3 Å². The van der Waals surface area contributed by atoms with Crippen molar-refractivity contribution in [3.8, 4) is 11.5 Å². The Bertz CT molecular complexity index is 827. The zero-order valence-electron chi connectivity index (χ0n) is 12.9. The first-order chi connectivity index (χ1) is 11.8. The standard InChI is InChI=1S/C17H16ClN5O/c18-12-6-7-15(19-10-12)22-16-5-3-4-13(21-16)14-11-20-17(24-14)23-8-1-2-9-23/h3-7,10-11H,1-2,8-9H2,(H,19,21,22). The largest absolute Gasteiger partial charge is 0.422 e. The third-order valence-electron chi connectivity index (χ3n) is 3.86. The summed E-state index contributed by atoms with van der Waals surface area (Å²) in [6.45, 7) is 1.99. The second-order valence-corrected chi connectivity index (χ2v) is 6.03. The molecule has 0 saturated carbocycles. The molecule has 122 valence electrons. The summed E-state index contributed by atoms with van der Waals surface area (Å²) in [5.41, 5.74) is 0.729. The number of hydrogen-bond donors (Lipinski definition) is 1. The van der Waals surface area contributed by atoms with Gasteiger partial charge < -0.3 is 14.6 Å². The molecule has 0 radical (unpaired) electrons. The van der Waals surface area contributed by atoms with Crippen LogP contribution in [0.15, 0.2) is 47.1 Å². The molecule has 1 aliphatic heterocycles. The lowest BCUT2D eigenvalue weighted by Gasteiger charge is -2.10. The zero-order valence-corrected chi connectivity index (χ0v) is 13.7. The molecule has 0 amide bonds. The first-order valence-electron chi connectivity index (χ1n) is 7.85. The minimum Gasteiger partial charge on any atom is -0.422 e. The Kier molecular flexibility index (Phi) is 4.04. The van der Waals surface area contributed by atoms with Crippen molar-refractivity contribution in [1.82, 2.24) is 15.0 Å². The number of nitrogens with one attached hydrogen (secondary N) is 1. The molecular formula is C17H16ClN5O. The van der Waals surface area contributed by atoms with E-state index in [2.05, 4.69) is 25.2 Å². The fourth-order valence-electron chi connectivity index (χ4n) is 2.66. The molecule has 3 aromatic heterocycles. The fourth-order valence-corrected chi connectivity index (χ4v) is 2.77. The molecule has 0 unspecified atom stereocenters. The SMILES string of the molecule is Clc1ccc(Nc2cccc(-c3cnc(N4CCCC4)o3)n2)nc1. The first-order valence-corrected chi connectivity index (χ1v) is 8.22. The van der Waals surface area contributed by atoms with Crippen LogP contribution in [0.5, 0.6) is 0 Å². The minimum atomic E-state index is 0.596. The molecule has 1 fully saturated rings. The molecule has 6 nitrogen and oxygen atoms in total. The van der Waals surface area contributed by atoms with Gasteiger partial charge in [-0.25, -0.2) is 15.0 Å². The Labute approximate surface area is 144 Å². The lowest BCUT2D eigenvalue weighted by Crippen LogP contribution is -2.17. The van der Waals surface area contributed by atoms with Crippen molar-refractivity contribution in [2.24, 2.45) is 0 Å². The maximum Gasteiger partial charge on any atom is 0.297 e. The van der Waals surface area contributed by atoms with Gasteiger partial charge in [-0.15, -0.1) is 0 Å². The molecular weight excluding hydrogens is 326 g/mol. The zero-order chi connectivity index (χ0) is 16.4. The van der Waals surface area contributed by atoms with Crippen LogP contribution in [-0.2, 0) is 0 Å². The number of aromatic nitrogens is 3. The predicted octanol–water partition coefficient (Wildman–Crippen LogP) is 4.13. The number of hydrogen-bond acceptors (Lipinski definition) is 6. The summed E-state index contributed by atoms with van der Waals surface area (Å²) < 4.78 is 5.87. The molecule has 3 aromatic rings. The van der Waals surface area contributed by atoms with Gasteiger partial charge in [0.2, 0.25) is 0 Å². The number of rotatable bonds is 4. The maximum atomic E-state index is 5.87. The van der Waals surface area contributed by atoms with E-state index in [1.807, 2.05) is 18.2 Å². The molecule has 0 atom stereocenters. The highest BCUT2D eigenvalue weighted by molar-refractivity contribution is 6.30. The molecule has 0 aliphatic carbocycles. The van der Waals surface area contributed by atoms with Crippen LogP contribution in [0.2, 0.25) is 5.02 Å². The summed E-state index contributed by atoms with van der Waals surface area (Å²) in [6.07, 6.45) is 5.68. The Morgan fingerprint density at radius 1 is 1.00 bits per heavy atom. The number of pyridine rings is 2. The van der Waals surface area contributed by atoms with Crippen molar-refractivity contribution in [2.45, 2.75) is 12.8 Å². The van der Waals surface area contributed by atoms with Crippen LogP contribution in [0.25, 0.3) is 11.5 Å². The highest BCUT2D eigenvalue weighted by Gasteiger charge is 2.18. The Morgan fingerprint density at radius 2 is 1.88 bits per heavy atom. The molecule has 24 heavy (non-hydrogen) atoms. The summed E-state index contributed by atoms with van der Waals surface area (Å²) in [7, 11) is 0. The van der Waals surface area contributed by atoms with Gasteiger partial charge in [0.1, 0.15) is 17.3 Å². The van der Waals surface area contributed by atoms with Crippen molar-refractivity contribution in [3.63, 3.8) is 0 Å². The van der Waals surface area contributed by atoms with Crippen LogP contribution < -0.4 is 10.2 Å². The van der Waals surface area contributed by atoms with E-state index in [0.29, 0.717) is 28.4 Å². The minimum absolute atomic E-state index is 0.596. The Balaban J connectivity index is 1.54. The van der Waals surface area contributed by atoms with E-state index < -0.39 is 0 Å². The van der Waals surface area contributed by atoms with Crippen LogP contribution in [-0.4, -0.2) is 28.0 Å². The highest BCUT2D eigenvalue weighted by Crippen LogP contribution is 2.26. The summed E-state index contributed by atoms with van der Waals surface area (Å²) in [6, 6.07) is 9.93. The number of halogens is 1. The van der Waals surface area contributed by atoms with Crippen molar-refractivity contribution in [3.05, 3.63) is 47.7 Å². The monoisotopic (exact) mass is 341 g/mol. The molecule has 0 spiro atoms. The lowest BCUT2D eigenvalue weighted by atomic mass is 10.3. The average Bonchev–Trinajstić information content (AvgIpc) is 3.28. The van der Waals surface area contributed by atoms with E-state index >= 15 is 0 Å². The molecule has 0 aromatic carbocycles. The van der Waals surface area contributed by atoms with Gasteiger partial charge >= 0.3 is 0 Å². The number of anilines is 3. The van der Waals surface area contributed by atoms with E-state index in [1.165, 1.54) is 12.8 Å². The second-order valence-electron chi connectivity index (χ2n) is 5.60. The summed E-state index contributed by atoms with van der Waals surface area (Å²) >= 11 is 5.85. The van der Waals surface area contributed by atoms with E-state index in [9.17, 15) is 0 Å². The van der Waals surface area contributed by atoms with Crippen LogP contribution in [0.4, 0.5) is 17.7 Å². The number of oxazole rings is 1. The second kappa shape index (κ2) is 6.49. The van der Waals surface area contributed by atoms with Gasteiger partial charge in [-0.3, -0.25) is 0 Å². The topological polar surface area (TPSA) is 67.1 Å². The third-order valence-corrected chi connectivity index (χ3v) is 4.08. The lowest BCUT2D eigenvalue weighted by molar-refractivity contribution is 0.558. The Morgan fingerprint density at radius 3 is 2.67 bits per heavy atom. The fraction of sp³-hybridized carbons (Fsp3) is 0.235. The van der Waals surface area contributed by atoms with Crippen molar-refractivity contribution < 1.29 is 4.42 Å². The van der Waals surface area contributed by atoms with Crippen molar-refractivity contribution in [2.75, 3.05) is 23.3 Å². The van der Waals surface area contributed by atoms with Crippen LogP contribution in [0.3, 0.4) is 0 Å². The van der Waals surface area contributed by atoms with E-state index in [0.717, 1.165) is 18.8 Å². The number of nitrogens with zero attached hydrogens (tertiary/aromatic N) is 4. The van der Waals surface area contributed by atoms with Crippen LogP contribution in [0, 0.1) is 0 Å². The van der Waals surface area contributed by atoms with Crippen molar-refractivity contribution >= 4 is 29.3 Å². The van der Waals surface area contributed by atoms with Gasteiger partial charge in [0.25, 0.3) is 6.01 Å². The van der Waals surface area contributed by atoms with E-state index in [-0.39, 0.29) is 0 Å². The molecule has 4 rings (SSSR count). The quantitative estimate of drug-likeness (QED) is 0.769. The third kappa shape index (κ3) is 3.19. The normalized spacial score (nSPS) is 14.1. The smallest absolute Gasteiger partial charge is 0.297 e. The van der Waals surface area contributed by atoms with Gasteiger partial charge in [-0.05, 0) is 37.1 Å². The van der Waals surface area contributed by atoms with Gasteiger partial charge in [-0.2, -0.15) is 0 Å². The average molecular weight is 342 g/mol. The Hall–Kier alpha value is -2.60. The molecule has 1 N–H and O–H groups in total. The molecule has 1 aliphatic rings. The van der Waals surface area contributed by atoms with Crippen LogP contribution in [0.1, 0.15) is 12.8 Å². The molecule has 1 saturated heterocycles. The van der Waals surface area contributed by atoms with E-state index in [4.69, 9.17) is 16.0 Å².